The van der Waals surface area contributed by atoms with Crippen LogP contribution in [0.5, 0.6) is 0 Å². The average Bonchev–Trinajstić information content (AvgIpc) is 2.55. The lowest BCUT2D eigenvalue weighted by Crippen LogP contribution is -2.19. The van der Waals surface area contributed by atoms with Gasteiger partial charge in [0.25, 0.3) is 0 Å². The summed E-state index contributed by atoms with van der Waals surface area (Å²) in [5, 5.41) is 0. The van der Waals surface area contributed by atoms with Crippen LogP contribution in [0.25, 0.3) is 0 Å². The van der Waals surface area contributed by atoms with Gasteiger partial charge in [0.2, 0.25) is 0 Å². The Kier molecular flexibility index (Phi) is 3.38. The second-order valence-electron chi connectivity index (χ2n) is 9.16. The highest BCUT2D eigenvalue weighted by atomic mass is 14.5. The van der Waals surface area contributed by atoms with Gasteiger partial charge in [0.05, 0.1) is 0 Å². The second-order valence-corrected chi connectivity index (χ2v) is 9.16. The van der Waals surface area contributed by atoms with Gasteiger partial charge in [-0.05, 0) is 66.6 Å². The minimum atomic E-state index is 0.534. The van der Waals surface area contributed by atoms with E-state index < -0.39 is 0 Å². The summed E-state index contributed by atoms with van der Waals surface area (Å²) in [6.07, 6.45) is 7.56. The van der Waals surface area contributed by atoms with Crippen molar-refractivity contribution in [1.29, 1.82) is 0 Å². The third-order valence-electron chi connectivity index (χ3n) is 5.24. The van der Waals surface area contributed by atoms with E-state index in [0.29, 0.717) is 10.8 Å². The third-order valence-corrected chi connectivity index (χ3v) is 5.24. The molecule has 0 heteroatoms. The van der Waals surface area contributed by atoms with Crippen LogP contribution in [0.15, 0.2) is 0 Å². The monoisotopic (exact) mass is 236 g/mol. The summed E-state index contributed by atoms with van der Waals surface area (Å²) in [6.45, 7) is 14.5. The van der Waals surface area contributed by atoms with Crippen molar-refractivity contribution in [2.75, 3.05) is 0 Å². The fraction of sp³-hybridized carbons (Fsp3) is 1.00. The number of hydrogen-bond donors (Lipinski definition) is 0. The Morgan fingerprint density at radius 1 is 0.765 bits per heavy atom. The van der Waals surface area contributed by atoms with Crippen LogP contribution in [-0.4, -0.2) is 0 Å². The largest absolute Gasteiger partial charge is 0.0602 e. The Hall–Kier alpha value is 0. The normalized spacial score (nSPS) is 38.5. The molecule has 0 heterocycles. The fourth-order valence-corrected chi connectivity index (χ4v) is 4.48. The Bertz CT molecular complexity index is 249. The minimum Gasteiger partial charge on any atom is -0.0602 e. The van der Waals surface area contributed by atoms with Crippen LogP contribution in [0.2, 0.25) is 0 Å². The Morgan fingerprint density at radius 3 is 1.59 bits per heavy atom. The first-order chi connectivity index (χ1) is 7.65. The molecule has 0 spiro atoms. The molecule has 0 radical (unpaired) electrons. The van der Waals surface area contributed by atoms with Crippen LogP contribution in [0, 0.1) is 34.5 Å². The maximum Gasteiger partial charge on any atom is -0.0354 e. The summed E-state index contributed by atoms with van der Waals surface area (Å²) < 4.78 is 0. The molecule has 0 aliphatic heterocycles. The first-order valence-corrected chi connectivity index (χ1v) is 7.65. The summed E-state index contributed by atoms with van der Waals surface area (Å²) in [5.41, 5.74) is 1.08. The van der Waals surface area contributed by atoms with Crippen LogP contribution < -0.4 is 0 Å². The van der Waals surface area contributed by atoms with E-state index in [9.17, 15) is 0 Å². The first-order valence-electron chi connectivity index (χ1n) is 7.65. The molecule has 2 aliphatic carbocycles. The second kappa shape index (κ2) is 4.28. The SMILES string of the molecule is CC(C)(C)CC1C[C@@H]2CC(C(C)(C)C)C[C@@H]2C1. The smallest absolute Gasteiger partial charge is 0.0354 e. The Morgan fingerprint density at radius 2 is 1.24 bits per heavy atom. The highest BCUT2D eigenvalue weighted by Crippen LogP contribution is 2.55. The lowest BCUT2D eigenvalue weighted by Gasteiger charge is -2.29. The highest BCUT2D eigenvalue weighted by molar-refractivity contribution is 4.95. The van der Waals surface area contributed by atoms with Crippen molar-refractivity contribution >= 4 is 0 Å². The van der Waals surface area contributed by atoms with Crippen molar-refractivity contribution in [3.05, 3.63) is 0 Å². The van der Waals surface area contributed by atoms with Gasteiger partial charge in [0.1, 0.15) is 0 Å². The van der Waals surface area contributed by atoms with Gasteiger partial charge in [-0.15, -0.1) is 0 Å². The zero-order valence-electron chi connectivity index (χ0n) is 12.8. The third kappa shape index (κ3) is 3.26. The number of rotatable bonds is 1. The highest BCUT2D eigenvalue weighted by Gasteiger charge is 2.45. The van der Waals surface area contributed by atoms with Crippen molar-refractivity contribution in [3.8, 4) is 0 Å². The van der Waals surface area contributed by atoms with Crippen LogP contribution in [0.1, 0.15) is 73.6 Å². The van der Waals surface area contributed by atoms with Crippen molar-refractivity contribution in [1.82, 2.24) is 0 Å². The van der Waals surface area contributed by atoms with E-state index in [1.807, 2.05) is 0 Å². The van der Waals surface area contributed by atoms with E-state index in [1.165, 1.54) is 32.1 Å². The van der Waals surface area contributed by atoms with Crippen molar-refractivity contribution in [2.24, 2.45) is 34.5 Å². The summed E-state index contributed by atoms with van der Waals surface area (Å²) in [7, 11) is 0. The van der Waals surface area contributed by atoms with Crippen molar-refractivity contribution in [3.63, 3.8) is 0 Å². The predicted octanol–water partition coefficient (Wildman–Crippen LogP) is 5.52. The molecule has 0 aromatic rings. The van der Waals surface area contributed by atoms with E-state index >= 15 is 0 Å². The molecule has 2 fully saturated rings. The Labute approximate surface area is 109 Å². The Balaban J connectivity index is 1.88. The molecule has 4 atom stereocenters. The maximum atomic E-state index is 2.44. The van der Waals surface area contributed by atoms with Gasteiger partial charge in [0.15, 0.2) is 0 Å². The number of hydrogen-bond acceptors (Lipinski definition) is 0. The molecule has 0 saturated heterocycles. The number of fused-ring (bicyclic) bond motifs is 1. The van der Waals surface area contributed by atoms with Gasteiger partial charge in [-0.25, -0.2) is 0 Å². The zero-order chi connectivity index (χ0) is 12.8. The first kappa shape index (κ1) is 13.4. The molecule has 0 N–H and O–H groups in total. The molecule has 0 amide bonds. The molecule has 2 unspecified atom stereocenters. The standard InChI is InChI=1S/C17H32/c1-16(2,3)11-12-7-13-9-15(17(4,5)6)10-14(13)8-12/h12-15H,7-11H2,1-6H3/t12?,13-,14+,15?. The van der Waals surface area contributed by atoms with Gasteiger partial charge < -0.3 is 0 Å². The molecule has 2 saturated carbocycles. The van der Waals surface area contributed by atoms with Crippen LogP contribution in [0.4, 0.5) is 0 Å². The van der Waals surface area contributed by atoms with E-state index in [2.05, 4.69) is 41.5 Å². The van der Waals surface area contributed by atoms with Crippen LogP contribution >= 0.6 is 0 Å². The molecule has 2 aliphatic rings. The van der Waals surface area contributed by atoms with Crippen molar-refractivity contribution in [2.45, 2.75) is 73.6 Å². The van der Waals surface area contributed by atoms with Gasteiger partial charge in [0, 0.05) is 0 Å². The molecule has 17 heavy (non-hydrogen) atoms. The topological polar surface area (TPSA) is 0 Å². The molecule has 0 aromatic heterocycles. The molecule has 0 nitrogen and oxygen atoms in total. The van der Waals surface area contributed by atoms with Gasteiger partial charge in [-0.1, -0.05) is 41.5 Å². The molecule has 0 bridgehead atoms. The van der Waals surface area contributed by atoms with Crippen LogP contribution in [-0.2, 0) is 0 Å². The van der Waals surface area contributed by atoms with Gasteiger partial charge >= 0.3 is 0 Å². The molecule has 100 valence electrons. The molecule has 2 rings (SSSR count). The van der Waals surface area contributed by atoms with Gasteiger partial charge in [-0.3, -0.25) is 0 Å². The lowest BCUT2D eigenvalue weighted by molar-refractivity contribution is 0.216. The van der Waals surface area contributed by atoms with Gasteiger partial charge in [-0.2, -0.15) is 0 Å². The minimum absolute atomic E-state index is 0.534. The predicted molar refractivity (Wildman–Crippen MR) is 76.0 cm³/mol. The van der Waals surface area contributed by atoms with E-state index in [0.717, 1.165) is 23.7 Å². The van der Waals surface area contributed by atoms with Crippen LogP contribution in [0.3, 0.4) is 0 Å². The quantitative estimate of drug-likeness (QED) is 0.562. The summed E-state index contributed by atoms with van der Waals surface area (Å²) >= 11 is 0. The maximum absolute atomic E-state index is 2.44. The zero-order valence-corrected chi connectivity index (χ0v) is 12.8. The van der Waals surface area contributed by atoms with E-state index in [1.54, 1.807) is 0 Å². The van der Waals surface area contributed by atoms with E-state index in [-0.39, 0.29) is 0 Å². The average molecular weight is 236 g/mol. The lowest BCUT2D eigenvalue weighted by atomic mass is 9.77. The molecular weight excluding hydrogens is 204 g/mol. The summed E-state index contributed by atoms with van der Waals surface area (Å²) in [5.74, 6) is 4.18. The van der Waals surface area contributed by atoms with Crippen molar-refractivity contribution < 1.29 is 0 Å². The molecule has 0 aromatic carbocycles. The molecular formula is C17H32. The fourth-order valence-electron chi connectivity index (χ4n) is 4.48. The summed E-state index contributed by atoms with van der Waals surface area (Å²) in [6, 6.07) is 0. The van der Waals surface area contributed by atoms with E-state index in [4.69, 9.17) is 0 Å². The summed E-state index contributed by atoms with van der Waals surface area (Å²) in [4.78, 5) is 0.